The van der Waals surface area contributed by atoms with Gasteiger partial charge in [0.05, 0.1) is 5.41 Å². The average molecular weight is 268 g/mol. The Morgan fingerprint density at radius 2 is 1.30 bits per heavy atom. The third kappa shape index (κ3) is 3.47. The van der Waals surface area contributed by atoms with Crippen molar-refractivity contribution in [2.75, 3.05) is 0 Å². The Labute approximate surface area is 120 Å². The van der Waals surface area contributed by atoms with Gasteiger partial charge in [0.15, 0.2) is 0 Å². The highest BCUT2D eigenvalue weighted by Gasteiger charge is 2.23. The van der Waals surface area contributed by atoms with E-state index in [0.29, 0.717) is 5.75 Å². The van der Waals surface area contributed by atoms with Gasteiger partial charge in [-0.2, -0.15) is 0 Å². The summed E-state index contributed by atoms with van der Waals surface area (Å²) in [5.41, 5.74) is 3.02. The lowest BCUT2D eigenvalue weighted by Gasteiger charge is -2.16. The van der Waals surface area contributed by atoms with Crippen LogP contribution in [0.4, 0.5) is 0 Å². The van der Waals surface area contributed by atoms with Crippen LogP contribution in [0, 0.1) is 12.3 Å². The van der Waals surface area contributed by atoms with Crippen molar-refractivity contribution in [3.8, 4) is 16.9 Å². The summed E-state index contributed by atoms with van der Waals surface area (Å²) in [7, 11) is 0. The first-order chi connectivity index (χ1) is 9.36. The fourth-order valence-corrected chi connectivity index (χ4v) is 1.72. The van der Waals surface area contributed by atoms with Crippen LogP contribution in [0.15, 0.2) is 48.5 Å². The summed E-state index contributed by atoms with van der Waals surface area (Å²) in [4.78, 5) is 11.8. The van der Waals surface area contributed by atoms with Crippen LogP contribution in [0.25, 0.3) is 11.1 Å². The zero-order valence-corrected chi connectivity index (χ0v) is 12.4. The number of esters is 1. The maximum absolute atomic E-state index is 11.8. The third-order valence-electron chi connectivity index (χ3n) is 3.06. The maximum atomic E-state index is 11.8. The Bertz CT molecular complexity index is 587. The number of aryl methyl sites for hydroxylation is 1. The number of ether oxygens (including phenoxy) is 1. The molecule has 2 heteroatoms. The van der Waals surface area contributed by atoms with Gasteiger partial charge in [0.25, 0.3) is 0 Å². The molecule has 2 nitrogen and oxygen atoms in total. The van der Waals surface area contributed by atoms with Gasteiger partial charge in [-0.25, -0.2) is 0 Å². The second-order valence-electron chi connectivity index (χ2n) is 6.03. The third-order valence-corrected chi connectivity index (χ3v) is 3.06. The van der Waals surface area contributed by atoms with Gasteiger partial charge in [-0.15, -0.1) is 0 Å². The van der Waals surface area contributed by atoms with E-state index in [1.807, 2.05) is 45.0 Å². The molecule has 0 aliphatic carbocycles. The van der Waals surface area contributed by atoms with Gasteiger partial charge in [-0.05, 0) is 51.0 Å². The van der Waals surface area contributed by atoms with Crippen LogP contribution >= 0.6 is 0 Å². The molecule has 0 aromatic heterocycles. The Kier molecular flexibility index (Phi) is 3.93. The van der Waals surface area contributed by atoms with Gasteiger partial charge in [-0.3, -0.25) is 4.79 Å². The molecule has 0 aliphatic heterocycles. The molecular formula is C18H20O2. The predicted octanol–water partition coefficient (Wildman–Crippen LogP) is 4.61. The number of hydrogen-bond acceptors (Lipinski definition) is 2. The Hall–Kier alpha value is -2.09. The summed E-state index contributed by atoms with van der Waals surface area (Å²) in [6, 6.07) is 16.0. The fourth-order valence-electron chi connectivity index (χ4n) is 1.72. The van der Waals surface area contributed by atoms with E-state index in [-0.39, 0.29) is 5.97 Å². The summed E-state index contributed by atoms with van der Waals surface area (Å²) in [5.74, 6) is 0.362. The van der Waals surface area contributed by atoms with E-state index < -0.39 is 5.41 Å². The lowest BCUT2D eigenvalue weighted by molar-refractivity contribution is -0.142. The van der Waals surface area contributed by atoms with Gasteiger partial charge >= 0.3 is 5.97 Å². The van der Waals surface area contributed by atoms with Crippen molar-refractivity contribution in [2.24, 2.45) is 5.41 Å². The lowest BCUT2D eigenvalue weighted by Crippen LogP contribution is -2.25. The van der Waals surface area contributed by atoms with Crippen molar-refractivity contribution in [1.82, 2.24) is 0 Å². The van der Waals surface area contributed by atoms with Gasteiger partial charge in [0, 0.05) is 0 Å². The van der Waals surface area contributed by atoms with Crippen molar-refractivity contribution in [1.29, 1.82) is 0 Å². The average Bonchev–Trinajstić information content (AvgIpc) is 2.39. The fraction of sp³-hybridized carbons (Fsp3) is 0.278. The summed E-state index contributed by atoms with van der Waals surface area (Å²) < 4.78 is 5.35. The van der Waals surface area contributed by atoms with E-state index in [2.05, 4.69) is 31.2 Å². The minimum absolute atomic E-state index is 0.222. The van der Waals surface area contributed by atoms with Crippen molar-refractivity contribution >= 4 is 5.97 Å². The Balaban J connectivity index is 2.14. The minimum Gasteiger partial charge on any atom is -0.426 e. The van der Waals surface area contributed by atoms with E-state index in [4.69, 9.17) is 4.74 Å². The van der Waals surface area contributed by atoms with E-state index in [9.17, 15) is 4.79 Å². The van der Waals surface area contributed by atoms with E-state index in [1.165, 1.54) is 5.56 Å². The van der Waals surface area contributed by atoms with Crippen molar-refractivity contribution in [3.05, 3.63) is 54.1 Å². The maximum Gasteiger partial charge on any atom is 0.316 e. The SMILES string of the molecule is Cc1ccc(-c2ccc(OC(=O)C(C)(C)C)cc2)cc1. The summed E-state index contributed by atoms with van der Waals surface area (Å²) >= 11 is 0. The molecule has 0 unspecified atom stereocenters. The number of rotatable bonds is 2. The van der Waals surface area contributed by atoms with Crippen molar-refractivity contribution in [2.45, 2.75) is 27.7 Å². The van der Waals surface area contributed by atoms with Gasteiger partial charge < -0.3 is 4.74 Å². The molecule has 0 radical (unpaired) electrons. The molecule has 20 heavy (non-hydrogen) atoms. The van der Waals surface area contributed by atoms with Gasteiger partial charge in [0.2, 0.25) is 0 Å². The van der Waals surface area contributed by atoms with Crippen LogP contribution in [0.5, 0.6) is 5.75 Å². The zero-order valence-electron chi connectivity index (χ0n) is 12.4. The standard InChI is InChI=1S/C18H20O2/c1-13-5-7-14(8-6-13)15-9-11-16(12-10-15)20-17(19)18(2,3)4/h5-12H,1-4H3. The highest BCUT2D eigenvalue weighted by Crippen LogP contribution is 2.24. The molecule has 0 bridgehead atoms. The summed E-state index contributed by atoms with van der Waals surface area (Å²) in [5, 5.41) is 0. The molecule has 0 aliphatic rings. The molecule has 2 rings (SSSR count). The number of benzene rings is 2. The van der Waals surface area contributed by atoms with Gasteiger partial charge in [0.1, 0.15) is 5.75 Å². The molecule has 0 saturated carbocycles. The first-order valence-corrected chi connectivity index (χ1v) is 6.76. The highest BCUT2D eigenvalue weighted by atomic mass is 16.5. The summed E-state index contributed by atoms with van der Waals surface area (Å²) in [6.45, 7) is 7.60. The molecule has 0 saturated heterocycles. The molecule has 0 spiro atoms. The first-order valence-electron chi connectivity index (χ1n) is 6.76. The minimum atomic E-state index is -0.490. The molecule has 2 aromatic carbocycles. The normalized spacial score (nSPS) is 11.2. The lowest BCUT2D eigenvalue weighted by atomic mass is 9.97. The van der Waals surface area contributed by atoms with Crippen LogP contribution in [0.3, 0.4) is 0 Å². The molecular weight excluding hydrogens is 248 g/mol. The molecule has 0 N–H and O–H groups in total. The molecule has 2 aromatic rings. The first kappa shape index (κ1) is 14.3. The van der Waals surface area contributed by atoms with Crippen molar-refractivity contribution in [3.63, 3.8) is 0 Å². The predicted molar refractivity (Wildman–Crippen MR) is 81.7 cm³/mol. The van der Waals surface area contributed by atoms with Crippen LogP contribution in [-0.4, -0.2) is 5.97 Å². The number of hydrogen-bond donors (Lipinski definition) is 0. The van der Waals surface area contributed by atoms with Crippen LogP contribution in [0.2, 0.25) is 0 Å². The molecule has 0 heterocycles. The summed E-state index contributed by atoms with van der Waals surface area (Å²) in [6.07, 6.45) is 0. The Morgan fingerprint density at radius 1 is 0.850 bits per heavy atom. The van der Waals surface area contributed by atoms with Crippen LogP contribution in [0.1, 0.15) is 26.3 Å². The van der Waals surface area contributed by atoms with Crippen LogP contribution < -0.4 is 4.74 Å². The highest BCUT2D eigenvalue weighted by molar-refractivity contribution is 5.78. The van der Waals surface area contributed by atoms with Crippen molar-refractivity contribution < 1.29 is 9.53 Å². The second-order valence-corrected chi connectivity index (χ2v) is 6.03. The zero-order chi connectivity index (χ0) is 14.8. The van der Waals surface area contributed by atoms with E-state index in [1.54, 1.807) is 0 Å². The molecule has 104 valence electrons. The topological polar surface area (TPSA) is 26.3 Å². The largest absolute Gasteiger partial charge is 0.426 e. The van der Waals surface area contributed by atoms with Gasteiger partial charge in [-0.1, -0.05) is 42.0 Å². The monoisotopic (exact) mass is 268 g/mol. The molecule has 0 fully saturated rings. The molecule has 0 amide bonds. The number of carbonyl (C=O) groups is 1. The Morgan fingerprint density at radius 3 is 1.75 bits per heavy atom. The smallest absolute Gasteiger partial charge is 0.316 e. The molecule has 0 atom stereocenters. The van der Waals surface area contributed by atoms with Crippen LogP contribution in [-0.2, 0) is 4.79 Å². The quantitative estimate of drug-likeness (QED) is 0.587. The number of carbonyl (C=O) groups excluding carboxylic acids is 1. The second kappa shape index (κ2) is 5.49. The van der Waals surface area contributed by atoms with E-state index >= 15 is 0 Å². The van der Waals surface area contributed by atoms with E-state index in [0.717, 1.165) is 11.1 Å².